The first-order valence-corrected chi connectivity index (χ1v) is 31.0. The maximum atomic E-state index is 2.53. The van der Waals surface area contributed by atoms with E-state index in [1.54, 1.807) is 0 Å². The van der Waals surface area contributed by atoms with Crippen molar-refractivity contribution in [3.63, 3.8) is 0 Å². The summed E-state index contributed by atoms with van der Waals surface area (Å²) in [6, 6.07) is 98.2. The minimum Gasteiger partial charge on any atom is -0.311 e. The van der Waals surface area contributed by atoms with Gasteiger partial charge in [0.05, 0.1) is 0 Å². The Morgan fingerprint density at radius 1 is 0.253 bits per heavy atom. The summed E-state index contributed by atoms with van der Waals surface area (Å²) in [6.07, 6.45) is 0. The third-order valence-electron chi connectivity index (χ3n) is 17.9. The molecule has 0 aliphatic carbocycles. The van der Waals surface area contributed by atoms with E-state index >= 15 is 0 Å². The van der Waals surface area contributed by atoms with Crippen molar-refractivity contribution < 1.29 is 0 Å². The van der Waals surface area contributed by atoms with E-state index in [1.165, 1.54) is 60.9 Å². The van der Waals surface area contributed by atoms with Crippen LogP contribution < -0.4 is 36.0 Å². The zero-order valence-electron chi connectivity index (χ0n) is 52.7. The average molecular weight is 1130 g/mol. The molecule has 87 heavy (non-hydrogen) atoms. The summed E-state index contributed by atoms with van der Waals surface area (Å²) < 4.78 is 0. The second-order valence-electron chi connectivity index (χ2n) is 28.0. The van der Waals surface area contributed by atoms with Crippen LogP contribution in [-0.2, 0) is 21.7 Å². The van der Waals surface area contributed by atoms with Crippen LogP contribution in [0.2, 0.25) is 0 Å². The van der Waals surface area contributed by atoms with Crippen molar-refractivity contribution in [1.29, 1.82) is 0 Å². The zero-order chi connectivity index (χ0) is 60.6. The quantitative estimate of drug-likeness (QED) is 0.127. The molecule has 4 nitrogen and oxygen atoms in total. The van der Waals surface area contributed by atoms with Crippen molar-refractivity contribution in [1.82, 2.24) is 0 Å². The Kier molecular flexibility index (Phi) is 14.3. The molecule has 0 aromatic heterocycles. The Hall–Kier alpha value is -9.32. The Morgan fingerprint density at radius 3 is 0.816 bits per heavy atom. The van der Waals surface area contributed by atoms with Gasteiger partial charge in [-0.2, -0.15) is 0 Å². The average Bonchev–Trinajstić information content (AvgIpc) is 0.742. The van der Waals surface area contributed by atoms with E-state index in [-0.39, 0.29) is 28.4 Å². The molecule has 2 heterocycles. The lowest BCUT2D eigenvalue weighted by Gasteiger charge is -2.44. The molecule has 11 aromatic carbocycles. The summed E-state index contributed by atoms with van der Waals surface area (Å²) in [5.41, 5.74) is 27.2. The Labute approximate surface area is 518 Å². The third-order valence-corrected chi connectivity index (χ3v) is 17.9. The zero-order valence-corrected chi connectivity index (χ0v) is 52.7. The fourth-order valence-corrected chi connectivity index (χ4v) is 12.9. The number of hydrogen-bond acceptors (Lipinski definition) is 4. The molecule has 13 rings (SSSR count). The van der Waals surface area contributed by atoms with Gasteiger partial charge in [0.2, 0.25) is 0 Å². The number of nitrogens with zero attached hydrogens (tertiary/aromatic N) is 4. The van der Waals surface area contributed by atoms with Gasteiger partial charge in [-0.25, -0.2) is 0 Å². The number of anilines is 12. The van der Waals surface area contributed by atoms with Crippen molar-refractivity contribution in [3.05, 3.63) is 283 Å². The van der Waals surface area contributed by atoms with Crippen molar-refractivity contribution in [2.45, 2.75) is 105 Å². The molecule has 0 bridgehead atoms. The van der Waals surface area contributed by atoms with E-state index in [4.69, 9.17) is 0 Å². The molecule has 2 aliphatic heterocycles. The highest BCUT2D eigenvalue weighted by Crippen LogP contribution is 2.49. The van der Waals surface area contributed by atoms with Crippen molar-refractivity contribution in [3.8, 4) is 22.3 Å². The first-order chi connectivity index (χ1) is 41.7. The minimum absolute atomic E-state index is 0.0122. The molecule has 0 unspecified atom stereocenters. The molecular formula is C82H79BN4. The summed E-state index contributed by atoms with van der Waals surface area (Å²) in [7, 11) is 0. The molecule has 0 spiro atoms. The van der Waals surface area contributed by atoms with Crippen LogP contribution in [0, 0.1) is 0 Å². The van der Waals surface area contributed by atoms with Gasteiger partial charge in [-0.3, -0.25) is 0 Å². The summed E-state index contributed by atoms with van der Waals surface area (Å²) >= 11 is 0. The first-order valence-electron chi connectivity index (χ1n) is 31.0. The Balaban J connectivity index is 1.05. The highest BCUT2D eigenvalue weighted by atomic mass is 15.2. The van der Waals surface area contributed by atoms with E-state index in [9.17, 15) is 0 Å². The molecule has 0 atom stereocenters. The van der Waals surface area contributed by atoms with Gasteiger partial charge in [0.25, 0.3) is 6.71 Å². The highest BCUT2D eigenvalue weighted by Gasteiger charge is 2.44. The van der Waals surface area contributed by atoms with Gasteiger partial charge < -0.3 is 19.6 Å². The fourth-order valence-electron chi connectivity index (χ4n) is 12.9. The van der Waals surface area contributed by atoms with Crippen LogP contribution >= 0.6 is 0 Å². The minimum atomic E-state index is -0.111. The van der Waals surface area contributed by atoms with Crippen molar-refractivity contribution in [2.24, 2.45) is 0 Å². The third kappa shape index (κ3) is 10.8. The van der Waals surface area contributed by atoms with Crippen LogP contribution in [-0.4, -0.2) is 6.71 Å². The smallest absolute Gasteiger partial charge is 0.252 e. The molecule has 11 aromatic rings. The van der Waals surface area contributed by atoms with Crippen LogP contribution in [0.1, 0.15) is 105 Å². The molecule has 0 amide bonds. The molecule has 0 N–H and O–H groups in total. The lowest BCUT2D eigenvalue weighted by Crippen LogP contribution is -2.61. The molecule has 0 saturated heterocycles. The Morgan fingerprint density at radius 2 is 0.529 bits per heavy atom. The SMILES string of the molecule is CC(C)(C)c1ccc(N(c2ccc(C(C)(C)C)cc2)c2ccc3c(c2)N(c2ccc(-c4ccccc4)cc2)c2cccc4c2B3c2ccc(N(c3ccc(C(C)(C)C)cc3)c3ccc(C(C)(C)C)cc3)cc2N4c2ccc(-c3ccccc3)cc2)cc1. The van der Waals surface area contributed by atoms with Gasteiger partial charge in [-0.15, -0.1) is 0 Å². The van der Waals surface area contributed by atoms with E-state index < -0.39 is 0 Å². The monoisotopic (exact) mass is 1130 g/mol. The van der Waals surface area contributed by atoms with Crippen LogP contribution in [0.5, 0.6) is 0 Å². The van der Waals surface area contributed by atoms with Gasteiger partial charge in [0.15, 0.2) is 0 Å². The fraction of sp³-hybridized carbons (Fsp3) is 0.195. The molecule has 2 aliphatic rings. The summed E-state index contributed by atoms with van der Waals surface area (Å²) in [6.45, 7) is 27.4. The normalized spacial score (nSPS) is 13.0. The van der Waals surface area contributed by atoms with Gasteiger partial charge >= 0.3 is 0 Å². The maximum Gasteiger partial charge on any atom is 0.252 e. The highest BCUT2D eigenvalue weighted by molar-refractivity contribution is 7.00. The number of rotatable bonds is 10. The molecule has 430 valence electrons. The van der Waals surface area contributed by atoms with Crippen LogP contribution in [0.15, 0.2) is 261 Å². The number of benzene rings is 11. The maximum absolute atomic E-state index is 2.53. The first kappa shape index (κ1) is 56.8. The van der Waals surface area contributed by atoms with E-state index in [2.05, 4.69) is 364 Å². The van der Waals surface area contributed by atoms with Crippen LogP contribution in [0.3, 0.4) is 0 Å². The van der Waals surface area contributed by atoms with Crippen molar-refractivity contribution >= 4 is 91.3 Å². The summed E-state index contributed by atoms with van der Waals surface area (Å²) in [5.74, 6) is 0. The molecule has 0 saturated carbocycles. The largest absolute Gasteiger partial charge is 0.311 e. The molecular weight excluding hydrogens is 1050 g/mol. The van der Waals surface area contributed by atoms with Crippen molar-refractivity contribution in [2.75, 3.05) is 19.6 Å². The second kappa shape index (κ2) is 21.9. The Bertz CT molecular complexity index is 3870. The lowest BCUT2D eigenvalue weighted by molar-refractivity contribution is 0.590. The molecule has 0 radical (unpaired) electrons. The predicted octanol–water partition coefficient (Wildman–Crippen LogP) is 21.2. The van der Waals surface area contributed by atoms with E-state index in [0.29, 0.717) is 0 Å². The number of fused-ring (bicyclic) bond motifs is 4. The predicted molar refractivity (Wildman–Crippen MR) is 376 cm³/mol. The second-order valence-corrected chi connectivity index (χ2v) is 28.0. The van der Waals surface area contributed by atoms with Crippen LogP contribution in [0.4, 0.5) is 68.2 Å². The summed E-state index contributed by atoms with van der Waals surface area (Å²) in [4.78, 5) is 9.96. The van der Waals surface area contributed by atoms with E-state index in [0.717, 1.165) is 68.2 Å². The van der Waals surface area contributed by atoms with Gasteiger partial charge in [-0.05, 0) is 192 Å². The van der Waals surface area contributed by atoms with Crippen LogP contribution in [0.25, 0.3) is 22.3 Å². The summed E-state index contributed by atoms with van der Waals surface area (Å²) in [5, 5.41) is 0. The standard InChI is InChI=1S/C82H79BN4/c1-79(2,3)60-30-42-64(43-31-60)84(65-44-32-61(33-45-65)80(4,5)6)70-50-52-72-76(54-70)86(68-38-26-58(27-39-68)56-20-15-13-16-21-56)74-24-19-25-75-78(74)83(72)73-53-51-71(55-77(73)87(75)69-40-28-59(29-41-69)57-22-17-14-18-23-57)85(66-46-34-62(35-47-66)81(7,8)9)67-48-36-63(37-49-67)82(10,11)12/h13-55H,1-12H3. The van der Waals surface area contributed by atoms with Gasteiger partial charge in [0, 0.05) is 68.2 Å². The van der Waals surface area contributed by atoms with Gasteiger partial charge in [0.1, 0.15) is 0 Å². The van der Waals surface area contributed by atoms with E-state index in [1.807, 2.05) is 0 Å². The topological polar surface area (TPSA) is 13.0 Å². The van der Waals surface area contributed by atoms with Gasteiger partial charge in [-0.1, -0.05) is 235 Å². The lowest BCUT2D eigenvalue weighted by atomic mass is 9.33. The number of hydrogen-bond donors (Lipinski definition) is 0. The molecule has 5 heteroatoms. The molecule has 0 fully saturated rings.